The second-order valence-corrected chi connectivity index (χ2v) is 17.5. The molecule has 8 nitrogen and oxygen atoms in total. The molecule has 2 N–H and O–H groups in total. The lowest BCUT2D eigenvalue weighted by molar-refractivity contribution is -0.153. The highest BCUT2D eigenvalue weighted by Crippen LogP contribution is 2.43. The Bertz CT molecular complexity index is 1840. The standard InChI is InChI=1S/C42H50N4O4S/c1-41(2,3)33-17-15-28(16-18-33)27-11-13-29(14-12-27)31-22-43-37(44-23-31)30-9-7-26(8-10-30)21-34(39(48)46-24-32(25-46)40(49)50)45-38(47)35-19-20-36(51-35)42(4,5)6/h7-14,19-20,22-23,28,32-34H,15-18,21,24-25H2,1-6H3,(H,45,47)(H,49,50)/t28?,33?,34-/m0/s1. The zero-order chi connectivity index (χ0) is 36.5. The third-order valence-corrected chi connectivity index (χ3v) is 12.2. The van der Waals surface area contributed by atoms with Crippen molar-refractivity contribution in [2.45, 2.75) is 91.0 Å². The van der Waals surface area contributed by atoms with E-state index in [1.165, 1.54) is 47.5 Å². The molecule has 1 atom stereocenters. The van der Waals surface area contributed by atoms with Crippen molar-refractivity contribution < 1.29 is 19.5 Å². The van der Waals surface area contributed by atoms with E-state index in [4.69, 9.17) is 0 Å². The SMILES string of the molecule is CC(C)(C)c1ccc(C(=O)N[C@@H](Cc2ccc(-c3ncc(-c4ccc(C5CCC(C(C)(C)C)CC5)cc4)cn3)cc2)C(=O)N2CC(C(=O)O)C2)s1. The van der Waals surface area contributed by atoms with Crippen molar-refractivity contribution >= 4 is 29.1 Å². The first-order valence-electron chi connectivity index (χ1n) is 18.1. The first-order valence-corrected chi connectivity index (χ1v) is 18.9. The molecule has 3 heterocycles. The first-order chi connectivity index (χ1) is 24.2. The molecule has 1 saturated heterocycles. The minimum Gasteiger partial charge on any atom is -0.481 e. The number of thiophene rings is 1. The normalized spacial score (nSPS) is 18.9. The van der Waals surface area contributed by atoms with Gasteiger partial charge in [0, 0.05) is 47.9 Å². The maximum atomic E-state index is 13.5. The summed E-state index contributed by atoms with van der Waals surface area (Å²) in [5.41, 5.74) is 5.48. The highest BCUT2D eigenvalue weighted by atomic mass is 32.1. The van der Waals surface area contributed by atoms with Crippen LogP contribution in [0.15, 0.2) is 73.1 Å². The number of nitrogens with zero attached hydrogens (tertiary/aromatic N) is 3. The van der Waals surface area contributed by atoms with Crippen molar-refractivity contribution in [1.29, 1.82) is 0 Å². The summed E-state index contributed by atoms with van der Waals surface area (Å²) < 4.78 is 0. The Morgan fingerprint density at radius 1 is 0.824 bits per heavy atom. The van der Waals surface area contributed by atoms with Gasteiger partial charge in [-0.25, -0.2) is 9.97 Å². The summed E-state index contributed by atoms with van der Waals surface area (Å²) in [6.45, 7) is 13.7. The minimum absolute atomic E-state index is 0.0929. The van der Waals surface area contributed by atoms with Crippen LogP contribution in [0.5, 0.6) is 0 Å². The summed E-state index contributed by atoms with van der Waals surface area (Å²) in [4.78, 5) is 50.7. The summed E-state index contributed by atoms with van der Waals surface area (Å²) in [6, 6.07) is 19.5. The summed E-state index contributed by atoms with van der Waals surface area (Å²) >= 11 is 1.42. The molecule has 51 heavy (non-hydrogen) atoms. The molecule has 2 amide bonds. The summed E-state index contributed by atoms with van der Waals surface area (Å²) in [6.07, 6.45) is 9.08. The molecule has 2 fully saturated rings. The van der Waals surface area contributed by atoms with E-state index in [1.54, 1.807) is 6.07 Å². The van der Waals surface area contributed by atoms with Crippen LogP contribution in [0.3, 0.4) is 0 Å². The van der Waals surface area contributed by atoms with Crippen molar-refractivity contribution in [2.24, 2.45) is 17.3 Å². The molecule has 1 saturated carbocycles. The molecule has 0 spiro atoms. The van der Waals surface area contributed by atoms with Crippen LogP contribution < -0.4 is 5.32 Å². The third-order valence-electron chi connectivity index (χ3n) is 10.7. The number of carbonyl (C=O) groups is 3. The fraction of sp³-hybridized carbons (Fsp3) is 0.452. The number of likely N-dealkylation sites (tertiary alicyclic amines) is 1. The molecule has 9 heteroatoms. The van der Waals surface area contributed by atoms with Crippen LogP contribution in [0.2, 0.25) is 0 Å². The van der Waals surface area contributed by atoms with Crippen molar-refractivity contribution in [1.82, 2.24) is 20.2 Å². The molecule has 1 aliphatic carbocycles. The van der Waals surface area contributed by atoms with E-state index >= 15 is 0 Å². The van der Waals surface area contributed by atoms with Gasteiger partial charge in [0.1, 0.15) is 6.04 Å². The van der Waals surface area contributed by atoms with Gasteiger partial charge < -0.3 is 15.3 Å². The second-order valence-electron chi connectivity index (χ2n) is 16.5. The number of carboxylic acids is 1. The maximum Gasteiger partial charge on any atom is 0.310 e. The zero-order valence-corrected chi connectivity index (χ0v) is 31.4. The predicted octanol–water partition coefficient (Wildman–Crippen LogP) is 8.37. The van der Waals surface area contributed by atoms with E-state index in [9.17, 15) is 19.5 Å². The summed E-state index contributed by atoms with van der Waals surface area (Å²) in [5, 5.41) is 12.3. The van der Waals surface area contributed by atoms with Crippen LogP contribution in [0.25, 0.3) is 22.5 Å². The highest BCUT2D eigenvalue weighted by molar-refractivity contribution is 7.14. The second kappa shape index (κ2) is 14.7. The van der Waals surface area contributed by atoms with Gasteiger partial charge in [0.15, 0.2) is 5.82 Å². The van der Waals surface area contributed by atoms with Gasteiger partial charge in [0.05, 0.1) is 10.8 Å². The molecule has 2 aromatic carbocycles. The number of carbonyl (C=O) groups excluding carboxylic acids is 2. The van der Waals surface area contributed by atoms with Crippen LogP contribution in [0.1, 0.15) is 98.8 Å². The van der Waals surface area contributed by atoms with Gasteiger partial charge in [-0.1, -0.05) is 90.1 Å². The molecule has 268 valence electrons. The smallest absolute Gasteiger partial charge is 0.310 e. The predicted molar refractivity (Wildman–Crippen MR) is 203 cm³/mol. The quantitative estimate of drug-likeness (QED) is 0.181. The van der Waals surface area contributed by atoms with Gasteiger partial charge >= 0.3 is 5.97 Å². The van der Waals surface area contributed by atoms with E-state index in [-0.39, 0.29) is 36.7 Å². The van der Waals surface area contributed by atoms with E-state index < -0.39 is 17.9 Å². The Labute approximate surface area is 305 Å². The number of aliphatic carboxylic acids is 1. The lowest BCUT2D eigenvalue weighted by Crippen LogP contribution is -2.59. The number of nitrogens with one attached hydrogen (secondary N) is 1. The van der Waals surface area contributed by atoms with Crippen molar-refractivity contribution in [3.05, 3.63) is 93.9 Å². The fourth-order valence-corrected chi connectivity index (χ4v) is 8.19. The number of hydrogen-bond donors (Lipinski definition) is 2. The molecule has 1 aliphatic heterocycles. The average Bonchev–Trinajstić information content (AvgIpc) is 3.59. The topological polar surface area (TPSA) is 112 Å². The Hall–Kier alpha value is -4.37. The monoisotopic (exact) mass is 706 g/mol. The van der Waals surface area contributed by atoms with Crippen LogP contribution >= 0.6 is 11.3 Å². The lowest BCUT2D eigenvalue weighted by atomic mass is 9.68. The van der Waals surface area contributed by atoms with Gasteiger partial charge in [-0.05, 0) is 77.2 Å². The molecule has 0 unspecified atom stereocenters. The third kappa shape index (κ3) is 8.58. The van der Waals surface area contributed by atoms with E-state index in [0.29, 0.717) is 22.0 Å². The van der Waals surface area contributed by atoms with E-state index in [0.717, 1.165) is 33.0 Å². The Morgan fingerprint density at radius 2 is 1.43 bits per heavy atom. The largest absolute Gasteiger partial charge is 0.481 e. The number of aromatic nitrogens is 2. The lowest BCUT2D eigenvalue weighted by Gasteiger charge is -2.38. The number of rotatable bonds is 9. The molecule has 6 rings (SSSR count). The number of carboxylic acid groups (broad SMARTS) is 1. The Morgan fingerprint density at radius 3 is 1.98 bits per heavy atom. The summed E-state index contributed by atoms with van der Waals surface area (Å²) in [5.74, 6) is -0.0497. The van der Waals surface area contributed by atoms with Crippen LogP contribution in [0, 0.1) is 17.3 Å². The van der Waals surface area contributed by atoms with Crippen molar-refractivity contribution in [3.8, 4) is 22.5 Å². The Kier molecular flexibility index (Phi) is 10.5. The first kappa shape index (κ1) is 36.4. The maximum absolute atomic E-state index is 13.5. The highest BCUT2D eigenvalue weighted by Gasteiger charge is 2.39. The van der Waals surface area contributed by atoms with Crippen LogP contribution in [-0.2, 0) is 21.4 Å². The van der Waals surface area contributed by atoms with Crippen LogP contribution in [0.4, 0.5) is 0 Å². The van der Waals surface area contributed by atoms with Gasteiger partial charge in [-0.3, -0.25) is 14.4 Å². The molecule has 4 aromatic rings. The molecular formula is C42H50N4O4S. The number of hydrogen-bond acceptors (Lipinski definition) is 6. The minimum atomic E-state index is -0.916. The fourth-order valence-electron chi connectivity index (χ4n) is 7.22. The van der Waals surface area contributed by atoms with Gasteiger partial charge in [-0.2, -0.15) is 0 Å². The molecule has 2 aliphatic rings. The number of amides is 2. The van der Waals surface area contributed by atoms with Gasteiger partial charge in [0.25, 0.3) is 5.91 Å². The molecular weight excluding hydrogens is 657 g/mol. The Balaban J connectivity index is 1.10. The van der Waals surface area contributed by atoms with Crippen LogP contribution in [-0.4, -0.2) is 56.9 Å². The van der Waals surface area contributed by atoms with Crippen molar-refractivity contribution in [3.63, 3.8) is 0 Å². The van der Waals surface area contributed by atoms with E-state index in [2.05, 4.69) is 81.1 Å². The summed E-state index contributed by atoms with van der Waals surface area (Å²) in [7, 11) is 0. The number of benzene rings is 2. The zero-order valence-electron chi connectivity index (χ0n) is 30.6. The average molecular weight is 707 g/mol. The molecule has 0 bridgehead atoms. The molecule has 2 aromatic heterocycles. The van der Waals surface area contributed by atoms with E-state index in [1.807, 2.05) is 42.7 Å². The van der Waals surface area contributed by atoms with Gasteiger partial charge in [-0.15, -0.1) is 11.3 Å². The molecule has 0 radical (unpaired) electrons. The van der Waals surface area contributed by atoms with Crippen molar-refractivity contribution in [2.75, 3.05) is 13.1 Å². The van der Waals surface area contributed by atoms with Gasteiger partial charge in [0.2, 0.25) is 5.91 Å².